The van der Waals surface area contributed by atoms with Gasteiger partial charge in [0.05, 0.1) is 0 Å². The molecule has 0 spiro atoms. The molecule has 0 radical (unpaired) electrons. The Labute approximate surface area is 108 Å². The van der Waals surface area contributed by atoms with E-state index < -0.39 is 5.69 Å². The van der Waals surface area contributed by atoms with E-state index >= 15 is 0 Å². The first-order chi connectivity index (χ1) is 9.01. The molecule has 7 nitrogen and oxygen atoms in total. The molecule has 0 bridgehead atoms. The number of rotatable bonds is 2. The Morgan fingerprint density at radius 2 is 2.00 bits per heavy atom. The first-order valence-corrected chi connectivity index (χ1v) is 5.75. The quantitative estimate of drug-likeness (QED) is 0.776. The fourth-order valence-electron chi connectivity index (χ4n) is 1.87. The van der Waals surface area contributed by atoms with Crippen LogP contribution in [0.5, 0.6) is 0 Å². The third-order valence-electron chi connectivity index (χ3n) is 2.95. The maximum Gasteiger partial charge on any atom is 0.332 e. The van der Waals surface area contributed by atoms with Crippen molar-refractivity contribution in [2.75, 3.05) is 7.05 Å². The smallest absolute Gasteiger partial charge is 0.332 e. The van der Waals surface area contributed by atoms with Crippen LogP contribution in [0.4, 0.5) is 0 Å². The molecule has 0 fully saturated rings. The van der Waals surface area contributed by atoms with Crippen molar-refractivity contribution >= 4 is 23.0 Å². The summed E-state index contributed by atoms with van der Waals surface area (Å²) in [5, 5.41) is 0. The second-order valence-electron chi connectivity index (χ2n) is 4.12. The van der Waals surface area contributed by atoms with Gasteiger partial charge in [-0.25, -0.2) is 9.78 Å². The molecule has 0 aliphatic rings. The minimum absolute atomic E-state index is 0.309. The number of nitrogens with zero attached hydrogens (tertiary/aromatic N) is 4. The molecule has 0 aromatic carbocycles. The van der Waals surface area contributed by atoms with Crippen LogP contribution in [0.25, 0.3) is 16.7 Å². The van der Waals surface area contributed by atoms with Crippen molar-refractivity contribution in [2.24, 2.45) is 19.1 Å². The molecule has 0 saturated carbocycles. The van der Waals surface area contributed by atoms with E-state index in [1.165, 1.54) is 11.6 Å². The van der Waals surface area contributed by atoms with Gasteiger partial charge in [0.15, 0.2) is 5.65 Å². The lowest BCUT2D eigenvalue weighted by atomic mass is 10.2. The van der Waals surface area contributed by atoms with E-state index in [2.05, 4.69) is 15.0 Å². The van der Waals surface area contributed by atoms with Crippen LogP contribution in [0.2, 0.25) is 0 Å². The minimum atomic E-state index is -0.401. The lowest BCUT2D eigenvalue weighted by molar-refractivity contribution is 0.708. The van der Waals surface area contributed by atoms with Gasteiger partial charge in [-0.1, -0.05) is 6.08 Å². The van der Waals surface area contributed by atoms with E-state index in [1.807, 2.05) is 13.0 Å². The molecule has 2 heterocycles. The Hall–Kier alpha value is -2.44. The zero-order chi connectivity index (χ0) is 14.2. The van der Waals surface area contributed by atoms with Crippen LogP contribution in [0.3, 0.4) is 0 Å². The number of aromatic nitrogens is 4. The van der Waals surface area contributed by atoms with Crippen LogP contribution in [-0.2, 0) is 14.1 Å². The van der Waals surface area contributed by atoms with E-state index in [0.717, 1.165) is 10.1 Å². The lowest BCUT2D eigenvalue weighted by Gasteiger charge is -2.00. The van der Waals surface area contributed by atoms with Gasteiger partial charge < -0.3 is 4.98 Å². The van der Waals surface area contributed by atoms with Gasteiger partial charge in [-0.2, -0.15) is 0 Å². The largest absolute Gasteiger partial charge is 0.332 e. The van der Waals surface area contributed by atoms with Crippen molar-refractivity contribution < 1.29 is 0 Å². The molecule has 1 N–H and O–H groups in total. The van der Waals surface area contributed by atoms with Crippen LogP contribution in [0.1, 0.15) is 12.7 Å². The topological polar surface area (TPSA) is 85.0 Å². The number of aromatic amines is 1. The zero-order valence-electron chi connectivity index (χ0n) is 11.3. The molecule has 0 saturated heterocycles. The molecule has 0 aliphatic carbocycles. The van der Waals surface area contributed by atoms with Crippen molar-refractivity contribution in [1.82, 2.24) is 19.1 Å². The molecular weight excluding hydrogens is 246 g/mol. The minimum Gasteiger partial charge on any atom is -0.332 e. The number of fused-ring (bicyclic) bond motifs is 1. The maximum atomic E-state index is 12.0. The highest BCUT2D eigenvalue weighted by molar-refractivity contribution is 6.08. The molecule has 0 aliphatic heterocycles. The van der Waals surface area contributed by atoms with Crippen molar-refractivity contribution in [3.8, 4) is 0 Å². The Balaban J connectivity index is 2.85. The summed E-state index contributed by atoms with van der Waals surface area (Å²) >= 11 is 0. The average Bonchev–Trinajstić information content (AvgIpc) is 2.85. The maximum absolute atomic E-state index is 12.0. The Morgan fingerprint density at radius 1 is 1.32 bits per heavy atom. The predicted octanol–water partition coefficient (Wildman–Crippen LogP) is 0.0642. The average molecular weight is 261 g/mol. The number of nitrogens with one attached hydrogen (secondary N) is 1. The van der Waals surface area contributed by atoms with Gasteiger partial charge in [0.2, 0.25) is 0 Å². The summed E-state index contributed by atoms with van der Waals surface area (Å²) in [6, 6.07) is 0. The van der Waals surface area contributed by atoms with Crippen molar-refractivity contribution in [3.63, 3.8) is 0 Å². The van der Waals surface area contributed by atoms with Crippen LogP contribution in [0, 0.1) is 0 Å². The first kappa shape index (κ1) is 13.0. The van der Waals surface area contributed by atoms with E-state index in [1.54, 1.807) is 20.3 Å². The third kappa shape index (κ3) is 1.92. The second kappa shape index (κ2) is 4.68. The van der Waals surface area contributed by atoms with E-state index in [4.69, 9.17) is 0 Å². The van der Waals surface area contributed by atoms with Gasteiger partial charge in [-0.05, 0) is 6.92 Å². The van der Waals surface area contributed by atoms with Crippen molar-refractivity contribution in [3.05, 3.63) is 32.7 Å². The summed E-state index contributed by atoms with van der Waals surface area (Å²) in [5.41, 5.74) is 0.617. The Kier molecular flexibility index (Phi) is 3.20. The third-order valence-corrected chi connectivity index (χ3v) is 2.95. The van der Waals surface area contributed by atoms with Gasteiger partial charge >= 0.3 is 5.69 Å². The van der Waals surface area contributed by atoms with E-state index in [0.29, 0.717) is 17.0 Å². The summed E-state index contributed by atoms with van der Waals surface area (Å²) in [4.78, 5) is 35.0. The highest BCUT2D eigenvalue weighted by atomic mass is 16.2. The molecule has 19 heavy (non-hydrogen) atoms. The summed E-state index contributed by atoms with van der Waals surface area (Å²) in [6.45, 7) is 1.85. The highest BCUT2D eigenvalue weighted by Gasteiger charge is 2.14. The van der Waals surface area contributed by atoms with E-state index in [9.17, 15) is 9.59 Å². The first-order valence-electron chi connectivity index (χ1n) is 5.75. The monoisotopic (exact) mass is 261 g/mol. The molecule has 0 atom stereocenters. The van der Waals surface area contributed by atoms with Crippen LogP contribution < -0.4 is 11.2 Å². The Bertz CT molecular complexity index is 804. The summed E-state index contributed by atoms with van der Waals surface area (Å²) in [7, 11) is 4.67. The van der Waals surface area contributed by atoms with Gasteiger partial charge in [0.25, 0.3) is 5.56 Å². The van der Waals surface area contributed by atoms with Crippen LogP contribution in [0.15, 0.2) is 20.7 Å². The van der Waals surface area contributed by atoms with Gasteiger partial charge in [0, 0.05) is 32.9 Å². The standard InChI is InChI=1S/C12H15N5O2/c1-5-7(6-13-2)9-14-8-10(15-9)16(3)12(19)17(4)11(8)18/h5-6H,1-4H3,(H,14,15)/b7-5+,13-6?. The molecule has 0 amide bonds. The summed E-state index contributed by atoms with van der Waals surface area (Å²) in [6.07, 6.45) is 3.47. The summed E-state index contributed by atoms with van der Waals surface area (Å²) < 4.78 is 2.39. The molecule has 2 aromatic rings. The lowest BCUT2D eigenvalue weighted by Crippen LogP contribution is -2.36. The predicted molar refractivity (Wildman–Crippen MR) is 74.6 cm³/mol. The number of imidazole rings is 1. The number of allylic oxidation sites excluding steroid dienone is 2. The second-order valence-corrected chi connectivity index (χ2v) is 4.12. The van der Waals surface area contributed by atoms with Gasteiger partial charge in [-0.3, -0.25) is 18.9 Å². The number of hydrogen-bond donors (Lipinski definition) is 1. The van der Waals surface area contributed by atoms with E-state index in [-0.39, 0.29) is 5.56 Å². The number of aliphatic imine (C=N–C) groups is 1. The zero-order valence-corrected chi connectivity index (χ0v) is 11.3. The van der Waals surface area contributed by atoms with Crippen molar-refractivity contribution in [1.29, 1.82) is 0 Å². The molecule has 2 rings (SSSR count). The van der Waals surface area contributed by atoms with Crippen LogP contribution >= 0.6 is 0 Å². The number of hydrogen-bond acceptors (Lipinski definition) is 4. The SMILES string of the molecule is C/C=C(\C=NC)c1nc2c([nH]1)c(=O)n(C)c(=O)n2C. The fraction of sp³-hybridized carbons (Fsp3) is 0.333. The molecule has 100 valence electrons. The normalized spacial score (nSPS) is 12.7. The Morgan fingerprint density at radius 3 is 2.58 bits per heavy atom. The number of H-pyrrole nitrogens is 1. The van der Waals surface area contributed by atoms with Crippen LogP contribution in [-0.4, -0.2) is 32.4 Å². The molecule has 2 aromatic heterocycles. The molecule has 7 heteroatoms. The van der Waals surface area contributed by atoms with Gasteiger partial charge in [0.1, 0.15) is 11.3 Å². The fourth-order valence-corrected chi connectivity index (χ4v) is 1.87. The summed E-state index contributed by atoms with van der Waals surface area (Å²) in [5.74, 6) is 0.515. The van der Waals surface area contributed by atoms with Crippen molar-refractivity contribution in [2.45, 2.75) is 6.92 Å². The van der Waals surface area contributed by atoms with Gasteiger partial charge in [-0.15, -0.1) is 0 Å². The number of aryl methyl sites for hydroxylation is 1. The highest BCUT2D eigenvalue weighted by Crippen LogP contribution is 2.11. The molecular formula is C12H15N5O2. The molecule has 0 unspecified atom stereocenters.